The van der Waals surface area contributed by atoms with Gasteiger partial charge in [0.05, 0.1) is 31.3 Å². The van der Waals surface area contributed by atoms with Crippen LogP contribution in [0.2, 0.25) is 0 Å². The first-order valence-corrected chi connectivity index (χ1v) is 27.3. The summed E-state index contributed by atoms with van der Waals surface area (Å²) >= 11 is 0. The Morgan fingerprint density at radius 1 is 0.545 bits per heavy atom. The number of rotatable bonds is 42. The van der Waals surface area contributed by atoms with Gasteiger partial charge in [0.2, 0.25) is 5.91 Å². The van der Waals surface area contributed by atoms with Crippen LogP contribution in [0.5, 0.6) is 0 Å². The molecule has 0 saturated heterocycles. The molecule has 1 aliphatic rings. The largest absolute Gasteiger partial charge is 0.472 e. The van der Waals surface area contributed by atoms with Crippen molar-refractivity contribution in [3.8, 4) is 0 Å². The summed E-state index contributed by atoms with van der Waals surface area (Å²) in [6, 6.07) is -1.27. The summed E-state index contributed by atoms with van der Waals surface area (Å²) in [5.74, 6) is -0.617. The van der Waals surface area contributed by atoms with E-state index in [9.17, 15) is 50.0 Å². The molecular weight excluding hydrogens is 862 g/mol. The highest BCUT2D eigenvalue weighted by Gasteiger charge is 2.51. The third-order valence-corrected chi connectivity index (χ3v) is 13.0. The number of hydrogen-bond acceptors (Lipinski definition) is 11. The molecule has 8 atom stereocenters. The third kappa shape index (κ3) is 31.9. The van der Waals surface area contributed by atoms with Crippen molar-refractivity contribution in [1.29, 1.82) is 0 Å². The van der Waals surface area contributed by atoms with Gasteiger partial charge in [-0.3, -0.25) is 13.8 Å². The van der Waals surface area contributed by atoms with Gasteiger partial charge in [0.1, 0.15) is 36.6 Å². The topological polar surface area (TPSA) is 226 Å². The second kappa shape index (κ2) is 40.8. The zero-order valence-electron chi connectivity index (χ0n) is 40.8. The lowest BCUT2D eigenvalue weighted by Crippen LogP contribution is -2.64. The molecule has 1 aliphatic carbocycles. The number of carbonyl (C=O) groups excluding carboxylic acids is 1. The summed E-state index contributed by atoms with van der Waals surface area (Å²) in [5.41, 5.74) is 0. The third-order valence-electron chi connectivity index (χ3n) is 12.1. The van der Waals surface area contributed by atoms with Gasteiger partial charge in [-0.1, -0.05) is 177 Å². The van der Waals surface area contributed by atoms with E-state index in [1.54, 1.807) is 6.08 Å². The average Bonchev–Trinajstić information content (AvgIpc) is 3.29. The van der Waals surface area contributed by atoms with E-state index in [1.165, 1.54) is 96.0 Å². The summed E-state index contributed by atoms with van der Waals surface area (Å²) in [6.45, 7) is 3.71. The Bertz CT molecular complexity index is 1360. The van der Waals surface area contributed by atoms with Crippen LogP contribution < -0.4 is 5.32 Å². The van der Waals surface area contributed by atoms with E-state index in [-0.39, 0.29) is 6.42 Å². The highest BCUT2D eigenvalue weighted by Crippen LogP contribution is 2.47. The quantitative estimate of drug-likeness (QED) is 0.0158. The van der Waals surface area contributed by atoms with Gasteiger partial charge in [-0.05, 0) is 77.0 Å². The van der Waals surface area contributed by atoms with Crippen LogP contribution in [-0.2, 0) is 18.4 Å². The van der Waals surface area contributed by atoms with Gasteiger partial charge in [-0.15, -0.1) is 0 Å². The molecule has 0 spiro atoms. The van der Waals surface area contributed by atoms with Crippen molar-refractivity contribution in [2.24, 2.45) is 0 Å². The first-order chi connectivity index (χ1) is 31.8. The second-order valence-corrected chi connectivity index (χ2v) is 19.6. The van der Waals surface area contributed by atoms with E-state index < -0.39 is 75.2 Å². The van der Waals surface area contributed by atoms with E-state index >= 15 is 0 Å². The normalized spacial score (nSPS) is 22.9. The molecular formula is C52H94NO12P. The Labute approximate surface area is 399 Å². The van der Waals surface area contributed by atoms with E-state index in [1.807, 2.05) is 0 Å². The van der Waals surface area contributed by atoms with Gasteiger partial charge in [0.15, 0.2) is 0 Å². The molecule has 0 aromatic carbocycles. The Morgan fingerprint density at radius 2 is 0.939 bits per heavy atom. The van der Waals surface area contributed by atoms with Crippen LogP contribution in [0, 0.1) is 0 Å². The first-order valence-electron chi connectivity index (χ1n) is 25.8. The molecule has 1 rings (SSSR count). The lowest BCUT2D eigenvalue weighted by Gasteiger charge is -2.41. The molecule has 0 heterocycles. The zero-order valence-corrected chi connectivity index (χ0v) is 41.7. The zero-order chi connectivity index (χ0) is 48.7. The Kier molecular flexibility index (Phi) is 38.4. The number of hydrogen-bond donors (Lipinski definition) is 9. The fourth-order valence-corrected chi connectivity index (χ4v) is 8.80. The lowest BCUT2D eigenvalue weighted by molar-refractivity contribution is -0.220. The predicted octanol–water partition coefficient (Wildman–Crippen LogP) is 9.65. The Morgan fingerprint density at radius 3 is 1.45 bits per heavy atom. The van der Waals surface area contributed by atoms with Crippen molar-refractivity contribution >= 4 is 13.7 Å². The maximum atomic E-state index is 13.0. The summed E-state index contributed by atoms with van der Waals surface area (Å²) in [6.07, 6.45) is 37.3. The average molecular weight is 956 g/mol. The molecule has 0 aliphatic heterocycles. The fraction of sp³-hybridized carbons (Fsp3) is 0.788. The van der Waals surface area contributed by atoms with Gasteiger partial charge in [0, 0.05) is 0 Å². The predicted molar refractivity (Wildman–Crippen MR) is 266 cm³/mol. The lowest BCUT2D eigenvalue weighted by atomic mass is 9.85. The van der Waals surface area contributed by atoms with Gasteiger partial charge in [-0.25, -0.2) is 4.57 Å². The molecule has 0 aromatic heterocycles. The molecule has 66 heavy (non-hydrogen) atoms. The van der Waals surface area contributed by atoms with Gasteiger partial charge >= 0.3 is 7.82 Å². The molecule has 8 unspecified atom stereocenters. The van der Waals surface area contributed by atoms with E-state index in [4.69, 9.17) is 9.05 Å². The monoisotopic (exact) mass is 956 g/mol. The van der Waals surface area contributed by atoms with Gasteiger partial charge in [0.25, 0.3) is 0 Å². The van der Waals surface area contributed by atoms with Gasteiger partial charge < -0.3 is 46.0 Å². The van der Waals surface area contributed by atoms with Crippen LogP contribution in [0.15, 0.2) is 60.8 Å². The molecule has 14 heteroatoms. The minimum absolute atomic E-state index is 0.268. The molecule has 0 aromatic rings. The Hall–Kier alpha value is -2.00. The van der Waals surface area contributed by atoms with E-state index in [0.717, 1.165) is 70.6 Å². The molecule has 0 bridgehead atoms. The standard InChI is InChI=1S/C52H94NO12P/c1-3-5-7-9-11-13-15-17-19-20-21-22-23-24-26-28-30-32-34-36-38-40-45(55)44(42-64-66(62,63)65-52-50(60)48(58)47(57)49(59)51(52)61)53-46(56)41-43(54)39-37-35-33-31-29-27-25-18-16-14-12-10-8-6-4-2/h12,14,18,23-25,30,32,38,40,43-45,47-52,54-55,57-61H,3-11,13,15-17,19-22,26-29,31,33-37,39,41-42H2,1-2H3,(H,53,56)(H,62,63)/b14-12-,24-23+,25-18-,32-30+,40-38+. The minimum Gasteiger partial charge on any atom is -0.393 e. The van der Waals surface area contributed by atoms with Gasteiger partial charge in [-0.2, -0.15) is 0 Å². The highest BCUT2D eigenvalue weighted by atomic mass is 31.2. The molecule has 1 saturated carbocycles. The summed E-state index contributed by atoms with van der Waals surface area (Å²) < 4.78 is 22.9. The summed E-state index contributed by atoms with van der Waals surface area (Å²) in [7, 11) is -5.16. The number of carbonyl (C=O) groups is 1. The van der Waals surface area contributed by atoms with E-state index in [0.29, 0.717) is 19.3 Å². The number of allylic oxidation sites excluding steroid dienone is 9. The fourth-order valence-electron chi connectivity index (χ4n) is 7.83. The first kappa shape index (κ1) is 62.0. The van der Waals surface area contributed by atoms with Crippen LogP contribution >= 0.6 is 7.82 Å². The number of phosphoric acid groups is 1. The Balaban J connectivity index is 2.54. The summed E-state index contributed by atoms with van der Waals surface area (Å²) in [5, 5.41) is 74.6. The van der Waals surface area contributed by atoms with Crippen molar-refractivity contribution in [1.82, 2.24) is 5.32 Å². The number of amides is 1. The van der Waals surface area contributed by atoms with Crippen LogP contribution in [0.1, 0.15) is 200 Å². The van der Waals surface area contributed by atoms with Crippen molar-refractivity contribution in [2.75, 3.05) is 6.61 Å². The molecule has 13 nitrogen and oxygen atoms in total. The van der Waals surface area contributed by atoms with Crippen molar-refractivity contribution in [3.05, 3.63) is 60.8 Å². The van der Waals surface area contributed by atoms with Crippen molar-refractivity contribution < 1.29 is 59.0 Å². The molecule has 1 amide bonds. The van der Waals surface area contributed by atoms with Crippen LogP contribution in [0.3, 0.4) is 0 Å². The number of unbranched alkanes of at least 4 members (excludes halogenated alkanes) is 21. The van der Waals surface area contributed by atoms with E-state index in [2.05, 4.69) is 67.8 Å². The second-order valence-electron chi connectivity index (χ2n) is 18.2. The molecule has 9 N–H and O–H groups in total. The number of aliphatic hydroxyl groups is 7. The van der Waals surface area contributed by atoms with Crippen molar-refractivity contribution in [3.63, 3.8) is 0 Å². The molecule has 384 valence electrons. The minimum atomic E-state index is -5.16. The maximum Gasteiger partial charge on any atom is 0.472 e. The smallest absolute Gasteiger partial charge is 0.393 e. The maximum absolute atomic E-state index is 13.0. The van der Waals surface area contributed by atoms with Crippen LogP contribution in [0.4, 0.5) is 0 Å². The SMILES string of the molecule is CCCCC/C=C\C/C=C\CCCCCCCC(O)CC(=O)NC(COP(=O)(O)OC1C(O)C(O)C(O)C(O)C1O)C(O)/C=C/CC/C=C/CC/C=C/CCCCCCCCCCCCC. The number of phosphoric ester groups is 1. The highest BCUT2D eigenvalue weighted by molar-refractivity contribution is 7.47. The number of aliphatic hydroxyl groups excluding tert-OH is 7. The molecule has 0 radical (unpaired) electrons. The summed E-state index contributed by atoms with van der Waals surface area (Å²) in [4.78, 5) is 23.5. The number of nitrogens with one attached hydrogen (secondary N) is 1. The molecule has 1 fully saturated rings. The van der Waals surface area contributed by atoms with Crippen molar-refractivity contribution in [2.45, 2.75) is 255 Å². The van der Waals surface area contributed by atoms with Crippen LogP contribution in [-0.4, -0.2) is 108 Å². The van der Waals surface area contributed by atoms with Crippen LogP contribution in [0.25, 0.3) is 0 Å².